The Hall–Kier alpha value is -3.66. The Kier molecular flexibility index (Phi) is 8.06. The van der Waals surface area contributed by atoms with Gasteiger partial charge in [-0.2, -0.15) is 4.98 Å². The van der Waals surface area contributed by atoms with E-state index in [4.69, 9.17) is 27.5 Å². The predicted molar refractivity (Wildman–Crippen MR) is 130 cm³/mol. The monoisotopic (exact) mass is 488 g/mol. The summed E-state index contributed by atoms with van der Waals surface area (Å²) in [4.78, 5) is 29.9. The van der Waals surface area contributed by atoms with Gasteiger partial charge in [0.05, 0.1) is 18.5 Å². The minimum atomic E-state index is -0.761. The number of ether oxygens (including phenoxy) is 1. The number of halogens is 2. The highest BCUT2D eigenvalue weighted by molar-refractivity contribution is 6.30. The first-order valence-electron chi connectivity index (χ1n) is 10.7. The lowest BCUT2D eigenvalue weighted by Gasteiger charge is -2.16. The van der Waals surface area contributed by atoms with Crippen molar-refractivity contribution < 1.29 is 9.13 Å². The number of rotatable bonds is 10. The van der Waals surface area contributed by atoms with Crippen molar-refractivity contribution in [2.75, 3.05) is 5.32 Å². The van der Waals surface area contributed by atoms with Crippen LogP contribution in [0.2, 0.25) is 5.02 Å². The molecular formula is C23H26ClFN6O3. The Balaban J connectivity index is 2.00. The van der Waals surface area contributed by atoms with Crippen molar-refractivity contribution >= 4 is 29.1 Å². The summed E-state index contributed by atoms with van der Waals surface area (Å²) < 4.78 is 22.2. The summed E-state index contributed by atoms with van der Waals surface area (Å²) in [7, 11) is 0. The molecule has 0 unspecified atom stereocenters. The topological polar surface area (TPSA) is 128 Å². The molecule has 4 N–H and O–H groups in total. The Morgan fingerprint density at radius 1 is 1.21 bits per heavy atom. The van der Waals surface area contributed by atoms with E-state index in [1.807, 2.05) is 0 Å². The van der Waals surface area contributed by atoms with Gasteiger partial charge < -0.3 is 15.8 Å². The number of nitrogens with one attached hydrogen (secondary N) is 2. The second-order valence-corrected chi connectivity index (χ2v) is 8.37. The first kappa shape index (κ1) is 25.0. The summed E-state index contributed by atoms with van der Waals surface area (Å²) in [6.07, 6.45) is 0.380. The van der Waals surface area contributed by atoms with E-state index in [9.17, 15) is 14.0 Å². The van der Waals surface area contributed by atoms with Gasteiger partial charge in [0.2, 0.25) is 5.95 Å². The maximum Gasteiger partial charge on any atom is 0.354 e. The lowest BCUT2D eigenvalue weighted by Crippen LogP contribution is -2.42. The second-order valence-electron chi connectivity index (χ2n) is 7.93. The Morgan fingerprint density at radius 2 is 1.91 bits per heavy atom. The van der Waals surface area contributed by atoms with Crippen LogP contribution in [0.4, 0.5) is 16.0 Å². The van der Waals surface area contributed by atoms with Crippen molar-refractivity contribution in [3.63, 3.8) is 0 Å². The van der Waals surface area contributed by atoms with Crippen LogP contribution in [0.15, 0.2) is 52.1 Å². The summed E-state index contributed by atoms with van der Waals surface area (Å²) in [5, 5.41) is 10.7. The predicted octanol–water partition coefficient (Wildman–Crippen LogP) is 3.49. The molecule has 0 bridgehead atoms. The largest absolute Gasteiger partial charge is 0.488 e. The van der Waals surface area contributed by atoms with Crippen LogP contribution < -0.4 is 27.2 Å². The third-order valence-corrected chi connectivity index (χ3v) is 5.03. The van der Waals surface area contributed by atoms with E-state index in [1.165, 1.54) is 16.7 Å². The van der Waals surface area contributed by atoms with Gasteiger partial charge in [-0.15, -0.1) is 0 Å². The Bertz CT molecular complexity index is 1290. The average Bonchev–Trinajstić information content (AvgIpc) is 2.76. The van der Waals surface area contributed by atoms with Gasteiger partial charge in [-0.05, 0) is 50.1 Å². The van der Waals surface area contributed by atoms with Crippen LogP contribution in [0.5, 0.6) is 5.75 Å². The number of benzene rings is 2. The van der Waals surface area contributed by atoms with Gasteiger partial charge in [-0.1, -0.05) is 23.7 Å². The summed E-state index contributed by atoms with van der Waals surface area (Å²) in [6, 6.07) is 11.1. The fourth-order valence-corrected chi connectivity index (χ4v) is 3.34. The minimum Gasteiger partial charge on any atom is -0.488 e. The zero-order valence-corrected chi connectivity index (χ0v) is 19.6. The lowest BCUT2D eigenvalue weighted by atomic mass is 10.2. The highest BCUT2D eigenvalue weighted by atomic mass is 35.5. The van der Waals surface area contributed by atoms with E-state index in [-0.39, 0.29) is 43.1 Å². The van der Waals surface area contributed by atoms with Gasteiger partial charge in [0, 0.05) is 29.7 Å². The van der Waals surface area contributed by atoms with E-state index in [0.29, 0.717) is 17.1 Å². The van der Waals surface area contributed by atoms with Crippen molar-refractivity contribution in [2.45, 2.75) is 45.9 Å². The number of amidine groups is 1. The SMILES string of the molecule is CC(C)Oc1ccc(Nc2nc(=O)n(CCCC(=N)N)c(=O)n2Cc2ccc(Cl)cc2)cc1F. The van der Waals surface area contributed by atoms with E-state index >= 15 is 0 Å². The number of hydrogen-bond donors (Lipinski definition) is 3. The number of anilines is 2. The lowest BCUT2D eigenvalue weighted by molar-refractivity contribution is 0.231. The van der Waals surface area contributed by atoms with E-state index in [0.717, 1.165) is 10.1 Å². The normalized spacial score (nSPS) is 11.0. The quantitative estimate of drug-likeness (QED) is 0.296. The standard InChI is InChI=1S/C23H26ClFN6O3/c1-14(2)34-19-10-9-17(12-18(19)25)28-21-29-22(32)30(11-3-4-20(26)27)23(33)31(21)13-15-5-7-16(24)8-6-15/h5-10,12,14H,3-4,11,13H2,1-2H3,(H3,26,27)(H,28,29,32). The molecule has 0 spiro atoms. The van der Waals surface area contributed by atoms with Gasteiger partial charge in [0.1, 0.15) is 0 Å². The molecule has 1 heterocycles. The van der Waals surface area contributed by atoms with Crippen LogP contribution in [-0.2, 0) is 13.1 Å². The maximum atomic E-state index is 14.5. The van der Waals surface area contributed by atoms with Crippen LogP contribution in [0, 0.1) is 11.2 Å². The molecule has 180 valence electrons. The molecule has 0 radical (unpaired) electrons. The van der Waals surface area contributed by atoms with Gasteiger partial charge in [0.25, 0.3) is 0 Å². The van der Waals surface area contributed by atoms with E-state index in [1.54, 1.807) is 44.2 Å². The number of nitrogens with two attached hydrogens (primary N) is 1. The molecule has 34 heavy (non-hydrogen) atoms. The smallest absolute Gasteiger partial charge is 0.354 e. The zero-order chi connectivity index (χ0) is 24.8. The highest BCUT2D eigenvalue weighted by Gasteiger charge is 2.15. The third kappa shape index (κ3) is 6.44. The summed E-state index contributed by atoms with van der Waals surface area (Å²) >= 11 is 5.96. The first-order valence-corrected chi connectivity index (χ1v) is 11.0. The summed E-state index contributed by atoms with van der Waals surface area (Å²) in [5.41, 5.74) is 5.05. The Labute approximate surface area is 200 Å². The van der Waals surface area contributed by atoms with Crippen LogP contribution in [-0.4, -0.2) is 26.1 Å². The fourth-order valence-electron chi connectivity index (χ4n) is 3.22. The van der Waals surface area contributed by atoms with Crippen molar-refractivity contribution in [2.24, 2.45) is 5.73 Å². The molecule has 0 aliphatic rings. The zero-order valence-electron chi connectivity index (χ0n) is 18.8. The molecule has 3 aromatic rings. The average molecular weight is 489 g/mol. The number of aromatic nitrogens is 3. The van der Waals surface area contributed by atoms with Crippen molar-refractivity contribution in [3.8, 4) is 5.75 Å². The maximum absolute atomic E-state index is 14.5. The van der Waals surface area contributed by atoms with Gasteiger partial charge in [0.15, 0.2) is 11.6 Å². The summed E-state index contributed by atoms with van der Waals surface area (Å²) in [6.45, 7) is 3.73. The van der Waals surface area contributed by atoms with Crippen LogP contribution in [0.25, 0.3) is 0 Å². The van der Waals surface area contributed by atoms with Crippen LogP contribution in [0.3, 0.4) is 0 Å². The van der Waals surface area contributed by atoms with Crippen molar-refractivity contribution in [1.29, 1.82) is 5.41 Å². The third-order valence-electron chi connectivity index (χ3n) is 4.78. The van der Waals surface area contributed by atoms with Gasteiger partial charge in [-0.3, -0.25) is 9.98 Å². The van der Waals surface area contributed by atoms with Gasteiger partial charge in [-0.25, -0.2) is 18.5 Å². The molecule has 0 saturated heterocycles. The minimum absolute atomic E-state index is 0.0345. The van der Waals surface area contributed by atoms with E-state index in [2.05, 4.69) is 10.3 Å². The molecule has 11 heteroatoms. The molecule has 9 nitrogen and oxygen atoms in total. The van der Waals surface area contributed by atoms with Crippen molar-refractivity contribution in [3.05, 3.63) is 79.8 Å². The molecule has 1 aromatic heterocycles. The first-order chi connectivity index (χ1) is 16.1. The number of hydrogen-bond acceptors (Lipinski definition) is 6. The van der Waals surface area contributed by atoms with Crippen LogP contribution in [0.1, 0.15) is 32.3 Å². The molecular weight excluding hydrogens is 463 g/mol. The molecule has 3 rings (SSSR count). The second kappa shape index (κ2) is 11.0. The molecule has 0 amide bonds. The Morgan fingerprint density at radius 3 is 2.53 bits per heavy atom. The highest BCUT2D eigenvalue weighted by Crippen LogP contribution is 2.24. The molecule has 0 aliphatic carbocycles. The molecule has 0 saturated carbocycles. The van der Waals surface area contributed by atoms with E-state index < -0.39 is 17.2 Å². The molecule has 0 aliphatic heterocycles. The molecule has 2 aromatic carbocycles. The molecule has 0 fully saturated rings. The number of nitrogens with zero attached hydrogens (tertiary/aromatic N) is 3. The fraction of sp³-hybridized carbons (Fsp3) is 0.304. The van der Waals surface area contributed by atoms with Gasteiger partial charge >= 0.3 is 11.4 Å². The summed E-state index contributed by atoms with van der Waals surface area (Å²) in [5.74, 6) is -0.576. The van der Waals surface area contributed by atoms with Crippen molar-refractivity contribution in [1.82, 2.24) is 14.1 Å². The molecule has 0 atom stereocenters. The van der Waals surface area contributed by atoms with Crippen LogP contribution >= 0.6 is 11.6 Å².